The van der Waals surface area contributed by atoms with Crippen LogP contribution in [0.5, 0.6) is 11.6 Å². The highest BCUT2D eigenvalue weighted by Crippen LogP contribution is 2.44. The van der Waals surface area contributed by atoms with E-state index in [1.54, 1.807) is 13.0 Å². The number of hydrogen-bond acceptors (Lipinski definition) is 5. The maximum absolute atomic E-state index is 12.6. The molecule has 0 radical (unpaired) electrons. The summed E-state index contributed by atoms with van der Waals surface area (Å²) in [6.45, 7) is 8.08. The van der Waals surface area contributed by atoms with Gasteiger partial charge in [-0.05, 0) is 116 Å². The van der Waals surface area contributed by atoms with Crippen molar-refractivity contribution in [2.75, 3.05) is 31.2 Å². The third-order valence-electron chi connectivity index (χ3n) is 8.89. The zero-order valence-electron chi connectivity index (χ0n) is 24.8. The Morgan fingerprint density at radius 2 is 1.93 bits per heavy atom. The quantitative estimate of drug-likeness (QED) is 0.348. The van der Waals surface area contributed by atoms with E-state index >= 15 is 0 Å². The molecule has 0 unspecified atom stereocenters. The summed E-state index contributed by atoms with van der Waals surface area (Å²) < 4.78 is 18.8. The average molecular weight is 570 g/mol. The fourth-order valence-corrected chi connectivity index (χ4v) is 7.14. The lowest BCUT2D eigenvalue weighted by Crippen LogP contribution is -2.44. The van der Waals surface area contributed by atoms with Crippen molar-refractivity contribution >= 4 is 22.7 Å². The lowest BCUT2D eigenvalue weighted by atomic mass is 9.87. The first-order valence-electron chi connectivity index (χ1n) is 15.1. The second-order valence-electron chi connectivity index (χ2n) is 12.5. The number of rotatable bonds is 7. The van der Waals surface area contributed by atoms with Crippen molar-refractivity contribution in [3.63, 3.8) is 0 Å². The van der Waals surface area contributed by atoms with Crippen LogP contribution in [-0.4, -0.2) is 58.8 Å². The number of phenols is 1. The third-order valence-corrected chi connectivity index (χ3v) is 8.89. The van der Waals surface area contributed by atoms with Crippen LogP contribution in [-0.2, 0) is 17.6 Å². The molecule has 3 aliphatic rings. The van der Waals surface area contributed by atoms with Gasteiger partial charge in [0.15, 0.2) is 0 Å². The lowest BCUT2D eigenvalue weighted by Gasteiger charge is -2.31. The first kappa shape index (κ1) is 28.4. The highest BCUT2D eigenvalue weighted by Gasteiger charge is 2.38. The topological polar surface area (TPSA) is 65.9 Å². The molecule has 0 saturated carbocycles. The number of aryl methyl sites for hydroxylation is 1. The third kappa shape index (κ3) is 5.54. The average Bonchev–Trinajstić information content (AvgIpc) is 3.45. The summed E-state index contributed by atoms with van der Waals surface area (Å²) in [5.41, 5.74) is 8.70. The predicted molar refractivity (Wildman–Crippen MR) is 165 cm³/mol. The molecular formula is C35H40FN3O3. The fraction of sp³-hybridized carbons (Fsp3) is 0.429. The molecule has 220 valence electrons. The first-order chi connectivity index (χ1) is 20.2. The van der Waals surface area contributed by atoms with Crippen molar-refractivity contribution in [3.05, 3.63) is 82.5 Å². The molecule has 7 heteroatoms. The van der Waals surface area contributed by atoms with E-state index in [0.29, 0.717) is 12.3 Å². The van der Waals surface area contributed by atoms with Gasteiger partial charge < -0.3 is 14.7 Å². The van der Waals surface area contributed by atoms with Gasteiger partial charge in [0, 0.05) is 55.6 Å². The molecular weight excluding hydrogens is 529 g/mol. The molecule has 3 heterocycles. The van der Waals surface area contributed by atoms with Gasteiger partial charge in [0.05, 0.1) is 6.67 Å². The van der Waals surface area contributed by atoms with Gasteiger partial charge in [-0.1, -0.05) is 12.1 Å². The van der Waals surface area contributed by atoms with E-state index in [1.807, 2.05) is 29.3 Å². The summed E-state index contributed by atoms with van der Waals surface area (Å²) in [5, 5.41) is 10.3. The number of nitrogens with zero attached hydrogens (tertiary/aromatic N) is 3. The minimum Gasteiger partial charge on any atom is -0.508 e. The molecule has 1 aliphatic carbocycles. The van der Waals surface area contributed by atoms with Gasteiger partial charge in [-0.3, -0.25) is 14.1 Å². The number of allylic oxidation sites excluding steroid dienone is 1. The highest BCUT2D eigenvalue weighted by atomic mass is 19.1. The zero-order chi connectivity index (χ0) is 29.4. The van der Waals surface area contributed by atoms with Crippen molar-refractivity contribution in [1.82, 2.24) is 9.88 Å². The number of pyridine rings is 1. The van der Waals surface area contributed by atoms with Gasteiger partial charge >= 0.3 is 0 Å². The summed E-state index contributed by atoms with van der Waals surface area (Å²) >= 11 is 0. The number of benzene rings is 2. The Hall–Kier alpha value is -3.71. The highest BCUT2D eigenvalue weighted by molar-refractivity contribution is 6.01. The van der Waals surface area contributed by atoms with Crippen LogP contribution in [0.1, 0.15) is 74.3 Å². The summed E-state index contributed by atoms with van der Waals surface area (Å²) in [7, 11) is 0. The molecule has 1 aromatic heterocycles. The molecule has 1 amide bonds. The van der Waals surface area contributed by atoms with Crippen LogP contribution < -0.4 is 9.64 Å². The zero-order valence-corrected chi connectivity index (χ0v) is 24.8. The molecule has 2 aromatic carbocycles. The Kier molecular flexibility index (Phi) is 7.79. The predicted octanol–water partition coefficient (Wildman–Crippen LogP) is 6.58. The number of likely N-dealkylation sites (tertiary alicyclic amines) is 1. The summed E-state index contributed by atoms with van der Waals surface area (Å²) in [4.78, 5) is 21.4. The van der Waals surface area contributed by atoms with Crippen molar-refractivity contribution < 1.29 is 19.0 Å². The summed E-state index contributed by atoms with van der Waals surface area (Å²) in [6.07, 6.45) is 6.97. The lowest BCUT2D eigenvalue weighted by molar-refractivity contribution is -0.117. The van der Waals surface area contributed by atoms with Gasteiger partial charge in [0.25, 0.3) is 0 Å². The Labute approximate surface area is 247 Å². The van der Waals surface area contributed by atoms with E-state index in [4.69, 9.17) is 9.72 Å². The molecule has 3 aromatic rings. The van der Waals surface area contributed by atoms with Crippen LogP contribution in [0, 0.1) is 0 Å². The first-order valence-corrected chi connectivity index (χ1v) is 15.1. The molecule has 2 aliphatic heterocycles. The number of aromatic nitrogens is 1. The maximum atomic E-state index is 12.6. The number of aromatic hydroxyl groups is 1. The molecule has 1 saturated heterocycles. The molecule has 1 atom stereocenters. The van der Waals surface area contributed by atoms with Gasteiger partial charge in [-0.15, -0.1) is 0 Å². The number of fused-ring (bicyclic) bond motifs is 2. The van der Waals surface area contributed by atoms with Crippen LogP contribution in [0.15, 0.2) is 54.7 Å². The second kappa shape index (κ2) is 11.5. The SMILES string of the molecule is CC(=O)N1c2ccc(C3=C(c4ccc(O[C@H]5CCN(CCCF)C5)nc4)c4ccc(O)cc4CCC3)cc2CC1(C)C. The van der Waals surface area contributed by atoms with E-state index in [2.05, 4.69) is 43.0 Å². The van der Waals surface area contributed by atoms with Gasteiger partial charge in [-0.2, -0.15) is 0 Å². The fourth-order valence-electron chi connectivity index (χ4n) is 7.14. The smallest absolute Gasteiger partial charge is 0.224 e. The van der Waals surface area contributed by atoms with E-state index < -0.39 is 0 Å². The second-order valence-corrected chi connectivity index (χ2v) is 12.5. The minimum atomic E-state index is -0.286. The number of halogens is 1. The van der Waals surface area contributed by atoms with Crippen LogP contribution in [0.2, 0.25) is 0 Å². The van der Waals surface area contributed by atoms with Crippen LogP contribution in [0.3, 0.4) is 0 Å². The van der Waals surface area contributed by atoms with Crippen molar-refractivity contribution in [3.8, 4) is 11.6 Å². The number of carbonyl (C=O) groups excluding carboxylic acids is 1. The van der Waals surface area contributed by atoms with Crippen molar-refractivity contribution in [2.45, 2.75) is 70.9 Å². The number of carbonyl (C=O) groups is 1. The molecule has 6 rings (SSSR count). The minimum absolute atomic E-state index is 0.0598. The van der Waals surface area contributed by atoms with Crippen LogP contribution >= 0.6 is 0 Å². The number of phenolic OH excluding ortho intramolecular Hbond substituents is 1. The largest absolute Gasteiger partial charge is 0.508 e. The number of anilines is 1. The summed E-state index contributed by atoms with van der Waals surface area (Å²) in [6, 6.07) is 16.2. The van der Waals surface area contributed by atoms with Crippen LogP contribution in [0.4, 0.5) is 10.1 Å². The van der Waals surface area contributed by atoms with Gasteiger partial charge in [-0.25, -0.2) is 4.98 Å². The van der Waals surface area contributed by atoms with Crippen LogP contribution in [0.25, 0.3) is 11.1 Å². The molecule has 1 N–H and O–H groups in total. The number of amides is 1. The standard InChI is InChI=1S/C35H40FN3O3/c1-23(40)39-32-12-8-25(18-27(32)20-35(39,2)3)30-7-4-6-24-19-28(41)10-11-31(24)34(30)26-9-13-33(37-21-26)42-29-14-17-38(22-29)16-5-15-36/h8-13,18-19,21,29,41H,4-7,14-17,20,22H2,1-3H3/t29-/m0/s1. The monoisotopic (exact) mass is 569 g/mol. The van der Waals surface area contributed by atoms with E-state index in [9.17, 15) is 14.3 Å². The molecule has 1 fully saturated rings. The number of hydrogen-bond donors (Lipinski definition) is 1. The van der Waals surface area contributed by atoms with Gasteiger partial charge in [0.1, 0.15) is 11.9 Å². The van der Waals surface area contributed by atoms with Crippen molar-refractivity contribution in [1.29, 1.82) is 0 Å². The number of alkyl halides is 1. The van der Waals surface area contributed by atoms with Gasteiger partial charge in [0.2, 0.25) is 11.8 Å². The maximum Gasteiger partial charge on any atom is 0.224 e. The molecule has 0 spiro atoms. The molecule has 6 nitrogen and oxygen atoms in total. The number of ether oxygens (including phenoxy) is 1. The molecule has 42 heavy (non-hydrogen) atoms. The van der Waals surface area contributed by atoms with E-state index in [-0.39, 0.29) is 30.0 Å². The normalized spacial score (nSPS) is 19.9. The Balaban J connectivity index is 1.36. The van der Waals surface area contributed by atoms with Crippen molar-refractivity contribution in [2.24, 2.45) is 0 Å². The Bertz CT molecular complexity index is 1510. The molecule has 0 bridgehead atoms. The van der Waals surface area contributed by atoms with E-state index in [1.165, 1.54) is 11.1 Å². The Morgan fingerprint density at radius 1 is 1.10 bits per heavy atom. The van der Waals surface area contributed by atoms with E-state index in [0.717, 1.165) is 85.3 Å². The Morgan fingerprint density at radius 3 is 2.69 bits per heavy atom. The summed E-state index contributed by atoms with van der Waals surface area (Å²) in [5.74, 6) is 0.939.